The van der Waals surface area contributed by atoms with E-state index in [4.69, 9.17) is 11.6 Å². The van der Waals surface area contributed by atoms with Gasteiger partial charge in [-0.15, -0.1) is 0 Å². The van der Waals surface area contributed by atoms with Gasteiger partial charge in [0.1, 0.15) is 5.75 Å². The molecule has 1 aliphatic heterocycles. The van der Waals surface area contributed by atoms with Crippen molar-refractivity contribution in [2.24, 2.45) is 0 Å². The number of phenolic OH excluding ortho intramolecular Hbond substituents is 1. The summed E-state index contributed by atoms with van der Waals surface area (Å²) >= 11 is 6.07. The van der Waals surface area contributed by atoms with Crippen molar-refractivity contribution in [3.8, 4) is 5.75 Å². The molecule has 0 bridgehead atoms. The zero-order valence-corrected chi connectivity index (χ0v) is 13.4. The molecule has 1 aliphatic rings. The SMILES string of the molecule is CN1CCc2cc(Cl)c(O)cc2[C@@H](c2ccccc2)C1.[Cl-]. The van der Waals surface area contributed by atoms with Crippen LogP contribution in [-0.2, 0) is 6.42 Å². The standard InChI is InChI=1S/C17H18ClNO.ClH/c1-19-8-7-13-9-16(18)17(20)10-14(13)15(11-19)12-5-3-2-4-6-12;/h2-6,9-10,15,20H,7-8,11H2,1H3;1H/p-1/t15-;/m1./s1. The zero-order valence-electron chi connectivity index (χ0n) is 11.9. The highest BCUT2D eigenvalue weighted by Gasteiger charge is 2.24. The molecule has 0 radical (unpaired) electrons. The van der Waals surface area contributed by atoms with Crippen molar-refractivity contribution in [1.29, 1.82) is 0 Å². The summed E-state index contributed by atoms with van der Waals surface area (Å²) < 4.78 is 0. The maximum atomic E-state index is 9.95. The van der Waals surface area contributed by atoms with Crippen LogP contribution in [-0.4, -0.2) is 30.1 Å². The molecule has 4 heteroatoms. The smallest absolute Gasteiger partial charge is 0.134 e. The van der Waals surface area contributed by atoms with Gasteiger partial charge in [0.25, 0.3) is 0 Å². The van der Waals surface area contributed by atoms with E-state index in [2.05, 4.69) is 36.2 Å². The lowest BCUT2D eigenvalue weighted by Crippen LogP contribution is -3.00. The van der Waals surface area contributed by atoms with Gasteiger partial charge in [0.05, 0.1) is 5.02 Å². The average molecular weight is 323 g/mol. The number of halogens is 2. The Labute approximate surface area is 136 Å². The fraction of sp³-hybridized carbons (Fsp3) is 0.294. The fourth-order valence-electron chi connectivity index (χ4n) is 2.94. The first-order chi connectivity index (χ1) is 9.65. The topological polar surface area (TPSA) is 23.5 Å². The number of nitrogens with zero attached hydrogens (tertiary/aromatic N) is 1. The van der Waals surface area contributed by atoms with Crippen LogP contribution >= 0.6 is 11.6 Å². The Hall–Kier alpha value is -1.22. The van der Waals surface area contributed by atoms with E-state index >= 15 is 0 Å². The Morgan fingerprint density at radius 1 is 1.19 bits per heavy atom. The number of fused-ring (bicyclic) bond motifs is 1. The zero-order chi connectivity index (χ0) is 14.1. The largest absolute Gasteiger partial charge is 1.00 e. The van der Waals surface area contributed by atoms with Crippen LogP contribution in [0.25, 0.3) is 0 Å². The van der Waals surface area contributed by atoms with Crippen molar-refractivity contribution in [1.82, 2.24) is 4.90 Å². The van der Waals surface area contributed by atoms with Gasteiger partial charge in [-0.25, -0.2) is 0 Å². The lowest BCUT2D eigenvalue weighted by molar-refractivity contribution is -0.00000495. The first-order valence-corrected chi connectivity index (χ1v) is 7.27. The minimum Gasteiger partial charge on any atom is -1.00 e. The van der Waals surface area contributed by atoms with Crippen LogP contribution < -0.4 is 12.4 Å². The summed E-state index contributed by atoms with van der Waals surface area (Å²) in [5, 5.41) is 10.4. The van der Waals surface area contributed by atoms with Crippen molar-refractivity contribution in [2.45, 2.75) is 12.3 Å². The van der Waals surface area contributed by atoms with E-state index in [9.17, 15) is 5.11 Å². The Morgan fingerprint density at radius 3 is 2.62 bits per heavy atom. The number of rotatable bonds is 1. The normalized spacial score (nSPS) is 18.5. The van der Waals surface area contributed by atoms with Gasteiger partial charge in [-0.05, 0) is 42.3 Å². The maximum Gasteiger partial charge on any atom is 0.134 e. The van der Waals surface area contributed by atoms with Crippen LogP contribution in [0.4, 0.5) is 0 Å². The molecule has 0 saturated carbocycles. The lowest BCUT2D eigenvalue weighted by Gasteiger charge is -2.22. The molecule has 112 valence electrons. The van der Waals surface area contributed by atoms with Gasteiger partial charge in [-0.2, -0.15) is 0 Å². The van der Waals surface area contributed by atoms with Gasteiger partial charge in [-0.1, -0.05) is 41.9 Å². The minimum atomic E-state index is 0. The van der Waals surface area contributed by atoms with E-state index < -0.39 is 0 Å². The molecule has 21 heavy (non-hydrogen) atoms. The Kier molecular flexibility index (Phi) is 5.15. The second kappa shape index (κ2) is 6.69. The Bertz CT molecular complexity index is 616. The number of likely N-dealkylation sites (N-methyl/N-ethyl adjacent to an activating group) is 1. The molecule has 0 unspecified atom stereocenters. The summed E-state index contributed by atoms with van der Waals surface area (Å²) in [6, 6.07) is 14.2. The van der Waals surface area contributed by atoms with E-state index in [0.29, 0.717) is 5.02 Å². The molecule has 3 rings (SSSR count). The molecule has 0 spiro atoms. The highest BCUT2D eigenvalue weighted by molar-refractivity contribution is 6.32. The quantitative estimate of drug-likeness (QED) is 0.834. The molecule has 2 aromatic carbocycles. The maximum absolute atomic E-state index is 9.95. The third kappa shape index (κ3) is 3.34. The van der Waals surface area contributed by atoms with E-state index in [1.807, 2.05) is 18.2 Å². The third-order valence-corrected chi connectivity index (χ3v) is 4.35. The van der Waals surface area contributed by atoms with Crippen molar-refractivity contribution in [2.75, 3.05) is 20.1 Å². The molecule has 0 saturated heterocycles. The molecular formula is C17H18Cl2NO-. The van der Waals surface area contributed by atoms with Gasteiger partial charge in [0, 0.05) is 19.0 Å². The van der Waals surface area contributed by atoms with Crippen LogP contribution in [0.5, 0.6) is 5.75 Å². The first-order valence-electron chi connectivity index (χ1n) is 6.90. The Morgan fingerprint density at radius 2 is 1.90 bits per heavy atom. The highest BCUT2D eigenvalue weighted by Crippen LogP contribution is 2.36. The van der Waals surface area contributed by atoms with E-state index in [1.54, 1.807) is 0 Å². The van der Waals surface area contributed by atoms with Crippen molar-refractivity contribution in [3.63, 3.8) is 0 Å². The van der Waals surface area contributed by atoms with E-state index in [0.717, 1.165) is 19.5 Å². The van der Waals surface area contributed by atoms with E-state index in [1.165, 1.54) is 16.7 Å². The summed E-state index contributed by atoms with van der Waals surface area (Å²) in [5.74, 6) is 0.456. The van der Waals surface area contributed by atoms with E-state index in [-0.39, 0.29) is 24.1 Å². The van der Waals surface area contributed by atoms with Crippen molar-refractivity contribution in [3.05, 3.63) is 64.2 Å². The minimum absolute atomic E-state index is 0. The molecule has 0 aromatic heterocycles. The van der Waals surface area contributed by atoms with Crippen molar-refractivity contribution < 1.29 is 17.5 Å². The van der Waals surface area contributed by atoms with Gasteiger partial charge >= 0.3 is 0 Å². The van der Waals surface area contributed by atoms with Gasteiger partial charge in [-0.3, -0.25) is 0 Å². The number of phenols is 1. The van der Waals surface area contributed by atoms with Crippen LogP contribution in [0, 0.1) is 0 Å². The fourth-order valence-corrected chi connectivity index (χ4v) is 3.13. The predicted octanol–water partition coefficient (Wildman–Crippen LogP) is 0.669. The molecule has 1 N–H and O–H groups in total. The Balaban J connectivity index is 0.00000161. The van der Waals surface area contributed by atoms with Gasteiger partial charge in [0.2, 0.25) is 0 Å². The molecule has 1 atom stereocenters. The molecule has 2 aromatic rings. The summed E-state index contributed by atoms with van der Waals surface area (Å²) in [5.41, 5.74) is 3.72. The average Bonchev–Trinajstić information content (AvgIpc) is 2.61. The molecule has 2 nitrogen and oxygen atoms in total. The molecule has 0 aliphatic carbocycles. The van der Waals surface area contributed by atoms with Crippen LogP contribution in [0.1, 0.15) is 22.6 Å². The number of hydrogen-bond donors (Lipinski definition) is 1. The highest BCUT2D eigenvalue weighted by atomic mass is 35.5. The number of aromatic hydroxyl groups is 1. The van der Waals surface area contributed by atoms with Crippen molar-refractivity contribution >= 4 is 11.6 Å². The van der Waals surface area contributed by atoms with Crippen LogP contribution in [0.15, 0.2) is 42.5 Å². The summed E-state index contributed by atoms with van der Waals surface area (Å²) in [7, 11) is 2.14. The molecule has 1 heterocycles. The van der Waals surface area contributed by atoms with Crippen LogP contribution in [0.2, 0.25) is 5.02 Å². The summed E-state index contributed by atoms with van der Waals surface area (Å²) in [6.45, 7) is 1.97. The molecule has 0 amide bonds. The molecule has 0 fully saturated rings. The third-order valence-electron chi connectivity index (χ3n) is 4.04. The predicted molar refractivity (Wildman–Crippen MR) is 82.6 cm³/mol. The number of hydrogen-bond acceptors (Lipinski definition) is 2. The van der Waals surface area contributed by atoms with Gasteiger partial charge in [0.15, 0.2) is 0 Å². The molecular weight excluding hydrogens is 305 g/mol. The summed E-state index contributed by atoms with van der Waals surface area (Å²) in [4.78, 5) is 2.34. The van der Waals surface area contributed by atoms with Crippen LogP contribution in [0.3, 0.4) is 0 Å². The lowest BCUT2D eigenvalue weighted by atomic mass is 9.88. The second-order valence-electron chi connectivity index (χ2n) is 5.48. The monoisotopic (exact) mass is 322 g/mol. The first kappa shape index (κ1) is 16.2. The summed E-state index contributed by atoms with van der Waals surface area (Å²) in [6.07, 6.45) is 0.967. The number of benzene rings is 2. The van der Waals surface area contributed by atoms with Gasteiger partial charge < -0.3 is 22.4 Å². The second-order valence-corrected chi connectivity index (χ2v) is 5.89.